The summed E-state index contributed by atoms with van der Waals surface area (Å²) in [7, 11) is 0. The lowest BCUT2D eigenvalue weighted by Gasteiger charge is -2.23. The zero-order valence-electron chi connectivity index (χ0n) is 17.3. The third-order valence-corrected chi connectivity index (χ3v) is 5.76. The van der Waals surface area contributed by atoms with Crippen molar-refractivity contribution in [2.24, 2.45) is 0 Å². The number of ketones is 1. The topological polar surface area (TPSA) is 80.0 Å². The highest BCUT2D eigenvalue weighted by Gasteiger charge is 2.48. The maximum atomic E-state index is 13.5. The molecule has 162 valence electrons. The molecular weight excluding hydrogens is 413 g/mol. The van der Waals surface area contributed by atoms with Crippen molar-refractivity contribution in [1.29, 1.82) is 0 Å². The molecule has 1 aromatic heterocycles. The molecule has 1 atom stereocenters. The van der Waals surface area contributed by atoms with E-state index in [4.69, 9.17) is 9.15 Å². The van der Waals surface area contributed by atoms with Crippen LogP contribution in [0.2, 0.25) is 0 Å². The van der Waals surface area contributed by atoms with Crippen LogP contribution in [-0.2, 0) is 16.0 Å². The SMILES string of the molecule is Cc1ccc(C2/C(=C(/O)c3ccc4c(c3)CCCO4)C(=O)C(=O)N2c2ccc(F)cc2)o1. The Bertz CT molecular complexity index is 1260. The molecule has 2 aliphatic rings. The van der Waals surface area contributed by atoms with Gasteiger partial charge in [0.1, 0.15) is 34.9 Å². The second-order valence-electron chi connectivity index (χ2n) is 7.87. The fraction of sp³-hybridized carbons (Fsp3) is 0.200. The Kier molecular flexibility index (Phi) is 4.81. The molecule has 0 bridgehead atoms. The number of anilines is 1. The third-order valence-electron chi connectivity index (χ3n) is 5.76. The summed E-state index contributed by atoms with van der Waals surface area (Å²) in [6.45, 7) is 2.38. The van der Waals surface area contributed by atoms with Gasteiger partial charge in [-0.1, -0.05) is 0 Å². The standard InChI is InChI=1S/C25H20FNO5/c1-14-4-10-20(32-14)22-21(23(28)16-5-11-19-15(13-16)3-2-12-31-19)24(29)25(30)27(22)18-8-6-17(26)7-9-18/h4-11,13,22,28H,2-3,12H2,1H3/b23-21-. The first kappa shape index (κ1) is 20.1. The molecule has 0 saturated carbocycles. The molecule has 3 heterocycles. The smallest absolute Gasteiger partial charge is 0.300 e. The predicted molar refractivity (Wildman–Crippen MR) is 115 cm³/mol. The minimum atomic E-state index is -0.985. The molecule has 0 aliphatic carbocycles. The van der Waals surface area contributed by atoms with Gasteiger partial charge in [-0.05, 0) is 79.9 Å². The van der Waals surface area contributed by atoms with E-state index in [2.05, 4.69) is 0 Å². The Hall–Kier alpha value is -3.87. The summed E-state index contributed by atoms with van der Waals surface area (Å²) in [5.41, 5.74) is 1.59. The first-order chi connectivity index (χ1) is 15.4. The van der Waals surface area contributed by atoms with E-state index in [9.17, 15) is 19.1 Å². The fourth-order valence-corrected chi connectivity index (χ4v) is 4.23. The minimum Gasteiger partial charge on any atom is -0.507 e. The van der Waals surface area contributed by atoms with Crippen molar-refractivity contribution in [2.75, 3.05) is 11.5 Å². The molecule has 32 heavy (non-hydrogen) atoms. The Balaban J connectivity index is 1.68. The number of Topliss-reactive ketones (excluding diaryl/α,β-unsaturated/α-hetero) is 1. The number of aryl methyl sites for hydroxylation is 2. The van der Waals surface area contributed by atoms with Crippen molar-refractivity contribution < 1.29 is 28.2 Å². The van der Waals surface area contributed by atoms with Gasteiger partial charge in [0.25, 0.3) is 11.7 Å². The monoisotopic (exact) mass is 433 g/mol. The Morgan fingerprint density at radius 1 is 1.09 bits per heavy atom. The van der Waals surface area contributed by atoms with Crippen molar-refractivity contribution >= 4 is 23.1 Å². The van der Waals surface area contributed by atoms with Gasteiger partial charge in [-0.3, -0.25) is 14.5 Å². The van der Waals surface area contributed by atoms with Crippen LogP contribution < -0.4 is 9.64 Å². The van der Waals surface area contributed by atoms with Crippen LogP contribution >= 0.6 is 0 Å². The number of carbonyl (C=O) groups excluding carboxylic acids is 2. The summed E-state index contributed by atoms with van der Waals surface area (Å²) >= 11 is 0. The summed E-state index contributed by atoms with van der Waals surface area (Å²) < 4.78 is 24.9. The summed E-state index contributed by atoms with van der Waals surface area (Å²) in [4.78, 5) is 27.4. The predicted octanol–water partition coefficient (Wildman–Crippen LogP) is 4.68. The van der Waals surface area contributed by atoms with E-state index < -0.39 is 23.5 Å². The number of hydrogen-bond acceptors (Lipinski definition) is 5. The summed E-state index contributed by atoms with van der Waals surface area (Å²) in [5.74, 6) is -0.743. The van der Waals surface area contributed by atoms with Crippen LogP contribution in [0.1, 0.15) is 35.1 Å². The normalized spacial score (nSPS) is 19.7. The highest BCUT2D eigenvalue weighted by atomic mass is 19.1. The minimum absolute atomic E-state index is 0.0784. The highest BCUT2D eigenvalue weighted by molar-refractivity contribution is 6.51. The van der Waals surface area contributed by atoms with Gasteiger partial charge in [0, 0.05) is 11.3 Å². The molecule has 0 spiro atoms. The lowest BCUT2D eigenvalue weighted by atomic mass is 9.96. The molecule has 0 radical (unpaired) electrons. The number of halogens is 1. The molecule has 2 aromatic carbocycles. The molecule has 1 fully saturated rings. The van der Waals surface area contributed by atoms with Crippen molar-refractivity contribution in [3.63, 3.8) is 0 Å². The van der Waals surface area contributed by atoms with Crippen molar-refractivity contribution in [1.82, 2.24) is 0 Å². The number of benzene rings is 2. The van der Waals surface area contributed by atoms with Crippen LogP contribution in [0.25, 0.3) is 5.76 Å². The van der Waals surface area contributed by atoms with Crippen LogP contribution in [-0.4, -0.2) is 23.4 Å². The van der Waals surface area contributed by atoms with Crippen molar-refractivity contribution in [2.45, 2.75) is 25.8 Å². The molecule has 1 N–H and O–H groups in total. The average Bonchev–Trinajstić information content (AvgIpc) is 3.34. The highest BCUT2D eigenvalue weighted by Crippen LogP contribution is 2.43. The van der Waals surface area contributed by atoms with E-state index in [0.29, 0.717) is 29.4 Å². The van der Waals surface area contributed by atoms with Crippen molar-refractivity contribution in [3.8, 4) is 5.75 Å². The van der Waals surface area contributed by atoms with Gasteiger partial charge in [-0.15, -0.1) is 0 Å². The molecule has 7 heteroatoms. The maximum absolute atomic E-state index is 13.5. The second-order valence-corrected chi connectivity index (χ2v) is 7.87. The zero-order chi connectivity index (χ0) is 22.4. The molecular formula is C25H20FNO5. The van der Waals surface area contributed by atoms with E-state index in [1.807, 2.05) is 0 Å². The van der Waals surface area contributed by atoms with Gasteiger partial charge in [0.2, 0.25) is 0 Å². The largest absolute Gasteiger partial charge is 0.507 e. The first-order valence-corrected chi connectivity index (χ1v) is 10.3. The summed E-state index contributed by atoms with van der Waals surface area (Å²) in [6.07, 6.45) is 1.65. The molecule has 1 saturated heterocycles. The van der Waals surface area contributed by atoms with Gasteiger partial charge in [-0.2, -0.15) is 0 Å². The van der Waals surface area contributed by atoms with Gasteiger partial charge in [0.15, 0.2) is 0 Å². The average molecular weight is 433 g/mol. The van der Waals surface area contributed by atoms with Gasteiger partial charge in [-0.25, -0.2) is 4.39 Å². The Morgan fingerprint density at radius 2 is 1.88 bits per heavy atom. The van der Waals surface area contributed by atoms with Crippen LogP contribution in [0.3, 0.4) is 0 Å². The van der Waals surface area contributed by atoms with Gasteiger partial charge >= 0.3 is 0 Å². The maximum Gasteiger partial charge on any atom is 0.300 e. The Morgan fingerprint density at radius 3 is 2.59 bits per heavy atom. The van der Waals surface area contributed by atoms with Crippen molar-refractivity contribution in [3.05, 3.63) is 88.6 Å². The summed E-state index contributed by atoms with van der Waals surface area (Å²) in [6, 6.07) is 12.8. The fourth-order valence-electron chi connectivity index (χ4n) is 4.23. The number of rotatable bonds is 3. The number of furan rings is 1. The molecule has 1 amide bonds. The molecule has 1 unspecified atom stereocenters. The molecule has 6 nitrogen and oxygen atoms in total. The van der Waals surface area contributed by atoms with Gasteiger partial charge < -0.3 is 14.3 Å². The number of fused-ring (bicyclic) bond motifs is 1. The zero-order valence-corrected chi connectivity index (χ0v) is 17.3. The number of aliphatic hydroxyl groups is 1. The lowest BCUT2D eigenvalue weighted by molar-refractivity contribution is -0.132. The molecule has 5 rings (SSSR count). The number of amides is 1. The number of hydrogen-bond donors (Lipinski definition) is 1. The number of ether oxygens (including phenoxy) is 1. The Labute approximate surface area is 183 Å². The quantitative estimate of drug-likeness (QED) is 0.369. The lowest BCUT2D eigenvalue weighted by Crippen LogP contribution is -2.29. The second kappa shape index (κ2) is 7.67. The summed E-state index contributed by atoms with van der Waals surface area (Å²) in [5, 5.41) is 11.2. The van der Waals surface area contributed by atoms with Crippen LogP contribution in [0.5, 0.6) is 5.75 Å². The first-order valence-electron chi connectivity index (χ1n) is 10.3. The van der Waals surface area contributed by atoms with Crippen LogP contribution in [0.15, 0.2) is 64.6 Å². The molecule has 2 aliphatic heterocycles. The van der Waals surface area contributed by atoms with E-state index >= 15 is 0 Å². The van der Waals surface area contributed by atoms with Crippen LogP contribution in [0.4, 0.5) is 10.1 Å². The number of aliphatic hydroxyl groups excluding tert-OH is 1. The molecule has 3 aromatic rings. The number of nitrogens with zero attached hydrogens (tertiary/aromatic N) is 1. The van der Waals surface area contributed by atoms with E-state index in [-0.39, 0.29) is 11.3 Å². The van der Waals surface area contributed by atoms with Crippen LogP contribution in [0, 0.1) is 12.7 Å². The van der Waals surface area contributed by atoms with E-state index in [1.165, 1.54) is 29.2 Å². The van der Waals surface area contributed by atoms with E-state index in [1.54, 1.807) is 37.3 Å². The third kappa shape index (κ3) is 3.26. The van der Waals surface area contributed by atoms with Gasteiger partial charge in [0.05, 0.1) is 12.2 Å². The number of carbonyl (C=O) groups is 2. The van der Waals surface area contributed by atoms with E-state index in [0.717, 1.165) is 24.2 Å².